The predicted octanol–water partition coefficient (Wildman–Crippen LogP) is 5.45. The van der Waals surface area contributed by atoms with Crippen LogP contribution in [0.5, 0.6) is 0 Å². The van der Waals surface area contributed by atoms with E-state index < -0.39 is 0 Å². The van der Waals surface area contributed by atoms with Crippen molar-refractivity contribution in [1.29, 1.82) is 0 Å². The Bertz CT molecular complexity index is 913. The van der Waals surface area contributed by atoms with Crippen molar-refractivity contribution in [3.05, 3.63) is 64.7 Å². The van der Waals surface area contributed by atoms with Gasteiger partial charge in [-0.1, -0.05) is 42.8 Å². The topological polar surface area (TPSA) is 63.8 Å². The third-order valence-corrected chi connectivity index (χ3v) is 5.54. The average molecular weight is 399 g/mol. The summed E-state index contributed by atoms with van der Waals surface area (Å²) in [6, 6.07) is 16.4. The van der Waals surface area contributed by atoms with E-state index >= 15 is 0 Å². The predicted molar refractivity (Wildman–Crippen MR) is 117 cm³/mol. The van der Waals surface area contributed by atoms with Crippen molar-refractivity contribution in [2.24, 2.45) is 0 Å². The maximum atomic E-state index is 6.23. The van der Waals surface area contributed by atoms with Crippen LogP contribution < -0.4 is 11.1 Å². The minimum Gasteiger partial charge on any atom is -0.370 e. The molecular formula is C21H23ClN4S. The first-order valence-corrected chi connectivity index (χ1v) is 10.3. The number of nitrogens with zero attached hydrogens (tertiary/aromatic N) is 2. The summed E-state index contributed by atoms with van der Waals surface area (Å²) in [6.45, 7) is 4.91. The van der Waals surface area contributed by atoms with E-state index in [0.717, 1.165) is 41.4 Å². The second-order valence-corrected chi connectivity index (χ2v) is 7.91. The fraction of sp³-hybridized carbons (Fsp3) is 0.238. The quantitative estimate of drug-likeness (QED) is 0.518. The van der Waals surface area contributed by atoms with Gasteiger partial charge in [-0.3, -0.25) is 0 Å². The number of nitrogens with one attached hydrogen (secondary N) is 1. The second kappa shape index (κ2) is 9.11. The molecule has 0 radical (unpaired) electrons. The molecule has 1 heterocycles. The third-order valence-electron chi connectivity index (χ3n) is 4.24. The van der Waals surface area contributed by atoms with E-state index in [1.165, 1.54) is 10.5 Å². The van der Waals surface area contributed by atoms with E-state index in [1.54, 1.807) is 0 Å². The first-order valence-electron chi connectivity index (χ1n) is 8.92. The van der Waals surface area contributed by atoms with Gasteiger partial charge in [0.25, 0.3) is 0 Å². The van der Waals surface area contributed by atoms with Crippen LogP contribution in [0.1, 0.15) is 18.1 Å². The highest BCUT2D eigenvalue weighted by Gasteiger charge is 2.09. The third kappa shape index (κ3) is 5.15. The number of hydrogen-bond donors (Lipinski definition) is 2. The molecule has 0 saturated carbocycles. The Balaban J connectivity index is 1.68. The fourth-order valence-electron chi connectivity index (χ4n) is 2.83. The Morgan fingerprint density at radius 1 is 1.11 bits per heavy atom. The van der Waals surface area contributed by atoms with Crippen molar-refractivity contribution in [3.63, 3.8) is 0 Å². The molecular weight excluding hydrogens is 376 g/mol. The highest BCUT2D eigenvalue weighted by molar-refractivity contribution is 7.99. The minimum absolute atomic E-state index is 0.246. The summed E-state index contributed by atoms with van der Waals surface area (Å²) in [5.41, 5.74) is 9.91. The molecule has 2 aromatic carbocycles. The van der Waals surface area contributed by atoms with Gasteiger partial charge < -0.3 is 11.1 Å². The molecule has 0 amide bonds. The molecule has 6 heteroatoms. The van der Waals surface area contributed by atoms with Crippen LogP contribution in [0.15, 0.2) is 53.4 Å². The summed E-state index contributed by atoms with van der Waals surface area (Å²) in [6.07, 6.45) is 0.909. The summed E-state index contributed by atoms with van der Waals surface area (Å²) in [4.78, 5) is 9.97. The van der Waals surface area contributed by atoms with Crippen LogP contribution in [0.25, 0.3) is 11.3 Å². The van der Waals surface area contributed by atoms with Gasteiger partial charge in [-0.25, -0.2) is 4.98 Å². The number of aromatic nitrogens is 2. The number of halogens is 1. The van der Waals surface area contributed by atoms with Crippen LogP contribution in [0.2, 0.25) is 5.02 Å². The number of rotatable bonds is 7. The van der Waals surface area contributed by atoms with Gasteiger partial charge in [-0.2, -0.15) is 4.98 Å². The Kier molecular flexibility index (Phi) is 6.58. The maximum absolute atomic E-state index is 6.23. The summed E-state index contributed by atoms with van der Waals surface area (Å²) in [7, 11) is 0. The van der Waals surface area contributed by atoms with Crippen LogP contribution in [0.4, 0.5) is 11.8 Å². The number of nitrogens with two attached hydrogens (primary N) is 1. The smallest absolute Gasteiger partial charge is 0.222 e. The van der Waals surface area contributed by atoms with Crippen molar-refractivity contribution in [1.82, 2.24) is 9.97 Å². The Morgan fingerprint density at radius 3 is 2.63 bits per heavy atom. The Hall–Kier alpha value is -2.24. The molecule has 0 saturated heterocycles. The molecule has 3 N–H and O–H groups in total. The standard InChI is InChI=1S/C21H23ClN4S/c1-3-27-16-9-7-15(8-10-16)11-12-24-20-13-19(25-21(23)26-20)17-5-4-6-18(22)14(17)2/h4-10,13H,3,11-12H2,1-2H3,(H3,23,24,25,26). The lowest BCUT2D eigenvalue weighted by molar-refractivity contribution is 0.999. The van der Waals surface area contributed by atoms with Crippen molar-refractivity contribution in [2.75, 3.05) is 23.3 Å². The van der Waals surface area contributed by atoms with Gasteiger partial charge in [0.2, 0.25) is 5.95 Å². The van der Waals surface area contributed by atoms with Crippen LogP contribution in [0, 0.1) is 6.92 Å². The van der Waals surface area contributed by atoms with E-state index in [9.17, 15) is 0 Å². The average Bonchev–Trinajstić information content (AvgIpc) is 2.65. The summed E-state index contributed by atoms with van der Waals surface area (Å²) in [5.74, 6) is 2.05. The molecule has 0 atom stereocenters. The molecule has 3 aromatic rings. The van der Waals surface area contributed by atoms with E-state index in [1.807, 2.05) is 43.0 Å². The Morgan fingerprint density at radius 2 is 1.89 bits per heavy atom. The normalized spacial score (nSPS) is 10.8. The molecule has 0 aliphatic rings. The number of benzene rings is 2. The second-order valence-electron chi connectivity index (χ2n) is 6.16. The maximum Gasteiger partial charge on any atom is 0.222 e. The van der Waals surface area contributed by atoms with Crippen molar-refractivity contribution in [2.45, 2.75) is 25.2 Å². The lowest BCUT2D eigenvalue weighted by Gasteiger charge is -2.11. The van der Waals surface area contributed by atoms with Gasteiger partial charge in [-0.05, 0) is 48.4 Å². The van der Waals surface area contributed by atoms with Crippen LogP contribution >= 0.6 is 23.4 Å². The number of anilines is 2. The largest absolute Gasteiger partial charge is 0.370 e. The van der Waals surface area contributed by atoms with E-state index in [0.29, 0.717) is 5.02 Å². The van der Waals surface area contributed by atoms with Gasteiger partial charge >= 0.3 is 0 Å². The van der Waals surface area contributed by atoms with Crippen molar-refractivity contribution in [3.8, 4) is 11.3 Å². The van der Waals surface area contributed by atoms with Crippen molar-refractivity contribution < 1.29 is 0 Å². The lowest BCUT2D eigenvalue weighted by Crippen LogP contribution is -2.08. The SMILES string of the molecule is CCSc1ccc(CCNc2cc(-c3cccc(Cl)c3C)nc(N)n2)cc1. The Labute approximate surface area is 169 Å². The molecule has 3 rings (SSSR count). The molecule has 0 unspecified atom stereocenters. The van der Waals surface area contributed by atoms with E-state index in [4.69, 9.17) is 17.3 Å². The minimum atomic E-state index is 0.246. The number of hydrogen-bond acceptors (Lipinski definition) is 5. The summed E-state index contributed by atoms with van der Waals surface area (Å²) in [5, 5.41) is 4.06. The first-order chi connectivity index (χ1) is 13.1. The zero-order valence-corrected chi connectivity index (χ0v) is 17.1. The van der Waals surface area contributed by atoms with Crippen molar-refractivity contribution >= 4 is 35.1 Å². The molecule has 0 fully saturated rings. The van der Waals surface area contributed by atoms with Gasteiger partial charge in [0.15, 0.2) is 0 Å². The van der Waals surface area contributed by atoms with Gasteiger partial charge in [-0.15, -0.1) is 11.8 Å². The van der Waals surface area contributed by atoms with E-state index in [-0.39, 0.29) is 5.95 Å². The summed E-state index contributed by atoms with van der Waals surface area (Å²) < 4.78 is 0. The highest BCUT2D eigenvalue weighted by atomic mass is 35.5. The molecule has 0 aliphatic carbocycles. The summed E-state index contributed by atoms with van der Waals surface area (Å²) >= 11 is 8.09. The molecule has 27 heavy (non-hydrogen) atoms. The number of nitrogen functional groups attached to an aromatic ring is 1. The van der Waals surface area contributed by atoms with Crippen LogP contribution in [0.3, 0.4) is 0 Å². The van der Waals surface area contributed by atoms with Crippen LogP contribution in [-0.4, -0.2) is 22.3 Å². The molecule has 0 spiro atoms. The molecule has 4 nitrogen and oxygen atoms in total. The van der Waals surface area contributed by atoms with Gasteiger partial charge in [0.1, 0.15) is 5.82 Å². The molecule has 0 bridgehead atoms. The van der Waals surface area contributed by atoms with Gasteiger partial charge in [0, 0.05) is 28.1 Å². The lowest BCUT2D eigenvalue weighted by atomic mass is 10.1. The molecule has 0 aliphatic heterocycles. The highest BCUT2D eigenvalue weighted by Crippen LogP contribution is 2.28. The van der Waals surface area contributed by atoms with Gasteiger partial charge in [0.05, 0.1) is 5.69 Å². The molecule has 1 aromatic heterocycles. The van der Waals surface area contributed by atoms with Crippen LogP contribution in [-0.2, 0) is 6.42 Å². The monoisotopic (exact) mass is 398 g/mol. The zero-order valence-electron chi connectivity index (χ0n) is 15.5. The van der Waals surface area contributed by atoms with E-state index in [2.05, 4.69) is 46.5 Å². The number of thioether (sulfide) groups is 1. The zero-order chi connectivity index (χ0) is 19.2. The fourth-order valence-corrected chi connectivity index (χ4v) is 3.67. The molecule has 140 valence electrons. The first kappa shape index (κ1) is 19.5.